The molecule has 0 saturated carbocycles. The molecule has 0 spiro atoms. The lowest BCUT2D eigenvalue weighted by molar-refractivity contribution is 1.05. The van der Waals surface area contributed by atoms with Crippen molar-refractivity contribution in [1.29, 1.82) is 0 Å². The fourth-order valence-electron chi connectivity index (χ4n) is 1.01. The predicted molar refractivity (Wildman–Crippen MR) is 47.7 cm³/mol. The maximum Gasteiger partial charge on any atom is 0.180 e. The van der Waals surface area contributed by atoms with Gasteiger partial charge in [-0.1, -0.05) is 23.7 Å². The van der Waals surface area contributed by atoms with Gasteiger partial charge in [-0.25, -0.2) is 4.99 Å². The van der Waals surface area contributed by atoms with Crippen LogP contribution in [-0.4, -0.2) is 12.5 Å². The Morgan fingerprint density at radius 3 is 2.75 bits per heavy atom. The van der Waals surface area contributed by atoms with Crippen LogP contribution in [0.4, 0.5) is 0 Å². The van der Waals surface area contributed by atoms with Crippen molar-refractivity contribution in [2.24, 2.45) is 15.2 Å². The van der Waals surface area contributed by atoms with Crippen molar-refractivity contribution in [3.63, 3.8) is 0 Å². The van der Waals surface area contributed by atoms with Crippen LogP contribution in [-0.2, 0) is 0 Å². The van der Waals surface area contributed by atoms with E-state index < -0.39 is 0 Å². The zero-order chi connectivity index (χ0) is 8.39. The van der Waals surface area contributed by atoms with E-state index >= 15 is 0 Å². The molecule has 0 aromatic heterocycles. The van der Waals surface area contributed by atoms with Gasteiger partial charge in [0.2, 0.25) is 0 Å². The molecule has 0 atom stereocenters. The predicted octanol–water partition coefficient (Wildman–Crippen LogP) is 2.51. The average Bonchev–Trinajstić information content (AvgIpc) is 2.57. The maximum absolute atomic E-state index is 5.92. The molecule has 0 fully saturated rings. The Labute approximate surface area is 74.8 Å². The monoisotopic (exact) mass is 179 g/mol. The van der Waals surface area contributed by atoms with Crippen LogP contribution in [0.2, 0.25) is 5.02 Å². The first kappa shape index (κ1) is 7.43. The summed E-state index contributed by atoms with van der Waals surface area (Å²) in [5.74, 6) is 0.626. The van der Waals surface area contributed by atoms with Crippen molar-refractivity contribution in [2.45, 2.75) is 0 Å². The number of nitrogens with zero attached hydrogens (tertiary/aromatic N) is 3. The van der Waals surface area contributed by atoms with Gasteiger partial charge < -0.3 is 0 Å². The summed E-state index contributed by atoms with van der Waals surface area (Å²) in [6.45, 7) is 0.417. The SMILES string of the molecule is Clc1ccccc1C1=NCN=N1. The molecule has 0 aliphatic carbocycles. The molecule has 0 amide bonds. The quantitative estimate of drug-likeness (QED) is 0.636. The third-order valence-corrected chi connectivity index (χ3v) is 1.89. The lowest BCUT2D eigenvalue weighted by Crippen LogP contribution is -1.93. The summed E-state index contributed by atoms with van der Waals surface area (Å²) < 4.78 is 0. The summed E-state index contributed by atoms with van der Waals surface area (Å²) in [6, 6.07) is 7.47. The summed E-state index contributed by atoms with van der Waals surface area (Å²) >= 11 is 5.92. The summed E-state index contributed by atoms with van der Waals surface area (Å²) in [4.78, 5) is 4.07. The molecule has 12 heavy (non-hydrogen) atoms. The number of benzene rings is 1. The molecule has 1 heterocycles. The van der Waals surface area contributed by atoms with E-state index in [0.717, 1.165) is 5.56 Å². The highest BCUT2D eigenvalue weighted by atomic mass is 35.5. The minimum atomic E-state index is 0.417. The van der Waals surface area contributed by atoms with E-state index in [2.05, 4.69) is 15.2 Å². The highest BCUT2D eigenvalue weighted by Gasteiger charge is 2.08. The Kier molecular flexibility index (Phi) is 1.87. The van der Waals surface area contributed by atoms with Crippen LogP contribution < -0.4 is 0 Å². The molecule has 1 aromatic carbocycles. The van der Waals surface area contributed by atoms with Crippen LogP contribution in [0, 0.1) is 0 Å². The fourth-order valence-corrected chi connectivity index (χ4v) is 1.23. The first-order valence-electron chi connectivity index (χ1n) is 3.55. The lowest BCUT2D eigenvalue weighted by atomic mass is 10.2. The number of aliphatic imine (C=N–C) groups is 1. The van der Waals surface area contributed by atoms with Gasteiger partial charge in [-0.3, -0.25) is 0 Å². The van der Waals surface area contributed by atoms with E-state index in [0.29, 0.717) is 17.5 Å². The third-order valence-electron chi connectivity index (χ3n) is 1.56. The van der Waals surface area contributed by atoms with Gasteiger partial charge in [0.25, 0.3) is 0 Å². The Morgan fingerprint density at radius 2 is 2.08 bits per heavy atom. The molecule has 4 heteroatoms. The largest absolute Gasteiger partial charge is 0.239 e. The van der Waals surface area contributed by atoms with Crippen molar-refractivity contribution < 1.29 is 0 Å². The van der Waals surface area contributed by atoms with Gasteiger partial charge in [0.1, 0.15) is 0 Å². The second-order valence-corrected chi connectivity index (χ2v) is 2.75. The Morgan fingerprint density at radius 1 is 1.25 bits per heavy atom. The van der Waals surface area contributed by atoms with Crippen LogP contribution in [0.15, 0.2) is 39.5 Å². The normalized spacial score (nSPS) is 14.9. The van der Waals surface area contributed by atoms with Crippen LogP contribution in [0.5, 0.6) is 0 Å². The van der Waals surface area contributed by atoms with Crippen LogP contribution in [0.1, 0.15) is 5.56 Å². The Hall–Kier alpha value is -1.22. The number of rotatable bonds is 1. The number of hydrogen-bond acceptors (Lipinski definition) is 3. The van der Waals surface area contributed by atoms with Gasteiger partial charge in [0.05, 0.1) is 5.02 Å². The van der Waals surface area contributed by atoms with Crippen molar-refractivity contribution in [1.82, 2.24) is 0 Å². The van der Waals surface area contributed by atoms with Gasteiger partial charge in [-0.15, -0.1) is 5.11 Å². The van der Waals surface area contributed by atoms with E-state index in [9.17, 15) is 0 Å². The molecule has 0 saturated heterocycles. The number of azo groups is 1. The van der Waals surface area contributed by atoms with E-state index in [1.54, 1.807) is 0 Å². The van der Waals surface area contributed by atoms with Crippen LogP contribution >= 0.6 is 11.6 Å². The average molecular weight is 180 g/mol. The summed E-state index contributed by atoms with van der Waals surface area (Å²) in [7, 11) is 0. The maximum atomic E-state index is 5.92. The molecule has 1 aliphatic rings. The molecule has 60 valence electrons. The molecule has 0 unspecified atom stereocenters. The van der Waals surface area contributed by atoms with E-state index in [1.165, 1.54) is 0 Å². The number of hydrogen-bond donors (Lipinski definition) is 0. The Bertz CT molecular complexity index is 357. The fraction of sp³-hybridized carbons (Fsp3) is 0.125. The highest BCUT2D eigenvalue weighted by molar-refractivity contribution is 6.34. The molecular formula is C8H6ClN3. The van der Waals surface area contributed by atoms with Gasteiger partial charge in [-0.2, -0.15) is 5.11 Å². The van der Waals surface area contributed by atoms with Gasteiger partial charge in [-0.05, 0) is 12.1 Å². The first-order valence-corrected chi connectivity index (χ1v) is 3.92. The zero-order valence-corrected chi connectivity index (χ0v) is 6.99. The topological polar surface area (TPSA) is 37.1 Å². The second kappa shape index (κ2) is 3.03. The molecule has 1 aliphatic heterocycles. The van der Waals surface area contributed by atoms with Crippen molar-refractivity contribution >= 4 is 17.4 Å². The molecule has 3 nitrogen and oxygen atoms in total. The van der Waals surface area contributed by atoms with Crippen LogP contribution in [0.25, 0.3) is 0 Å². The number of amidine groups is 1. The smallest absolute Gasteiger partial charge is 0.180 e. The summed E-state index contributed by atoms with van der Waals surface area (Å²) in [5.41, 5.74) is 0.848. The van der Waals surface area contributed by atoms with Crippen molar-refractivity contribution in [2.75, 3.05) is 6.67 Å². The number of halogens is 1. The Balaban J connectivity index is 2.46. The minimum Gasteiger partial charge on any atom is -0.239 e. The molecular weight excluding hydrogens is 174 g/mol. The van der Waals surface area contributed by atoms with Crippen molar-refractivity contribution in [3.05, 3.63) is 34.9 Å². The highest BCUT2D eigenvalue weighted by Crippen LogP contribution is 2.18. The van der Waals surface area contributed by atoms with E-state index in [-0.39, 0.29) is 0 Å². The lowest BCUT2D eigenvalue weighted by Gasteiger charge is -1.97. The van der Waals surface area contributed by atoms with Gasteiger partial charge in [0.15, 0.2) is 12.5 Å². The van der Waals surface area contributed by atoms with Crippen LogP contribution in [0.3, 0.4) is 0 Å². The van der Waals surface area contributed by atoms with Gasteiger partial charge in [0, 0.05) is 5.56 Å². The molecule has 0 radical (unpaired) electrons. The first-order chi connectivity index (χ1) is 5.88. The molecule has 2 rings (SSSR count). The molecule has 0 bridgehead atoms. The second-order valence-electron chi connectivity index (χ2n) is 2.34. The standard InChI is InChI=1S/C8H6ClN3/c9-7-4-2-1-3-6(7)8-10-5-11-12-8/h1-4H,5H2. The summed E-state index contributed by atoms with van der Waals surface area (Å²) in [6.07, 6.45) is 0. The third kappa shape index (κ3) is 1.23. The molecule has 1 aromatic rings. The van der Waals surface area contributed by atoms with E-state index in [4.69, 9.17) is 11.6 Å². The van der Waals surface area contributed by atoms with Gasteiger partial charge >= 0.3 is 0 Å². The summed E-state index contributed by atoms with van der Waals surface area (Å²) in [5, 5.41) is 8.27. The molecule has 0 N–H and O–H groups in total. The van der Waals surface area contributed by atoms with Crippen molar-refractivity contribution in [3.8, 4) is 0 Å². The zero-order valence-electron chi connectivity index (χ0n) is 6.24. The minimum absolute atomic E-state index is 0.417. The van der Waals surface area contributed by atoms with E-state index in [1.807, 2.05) is 24.3 Å².